The van der Waals surface area contributed by atoms with Crippen molar-refractivity contribution < 1.29 is 19.4 Å². The third-order valence-corrected chi connectivity index (χ3v) is 11.5. The van der Waals surface area contributed by atoms with E-state index in [1.807, 2.05) is 0 Å². The minimum Gasteiger partial charge on any atom is -0.469 e. The zero-order chi connectivity index (χ0) is 23.4. The standard InChI is InChI=1S/C28H47NO4/c1-27-16-24(32-3)23(30)14-17(27)10-11-19-20-12-13-21(26(31)33-4)28(20,2)15-22(25(19)27)29-18-8-6-5-7-9-18/h17-25,29-30H,5-16H2,1-4H3/t17-,19-,20-,21+,22+,23-,24-,25+,27-,28-/m0/s1. The molecule has 0 aromatic rings. The van der Waals surface area contributed by atoms with Crippen molar-refractivity contribution in [2.45, 2.75) is 115 Å². The number of aliphatic hydroxyl groups excluding tert-OH is 1. The monoisotopic (exact) mass is 461 g/mol. The van der Waals surface area contributed by atoms with Crippen molar-refractivity contribution in [3.8, 4) is 0 Å². The van der Waals surface area contributed by atoms with Crippen LogP contribution in [-0.2, 0) is 14.3 Å². The second-order valence-electron chi connectivity index (χ2n) is 12.8. The van der Waals surface area contributed by atoms with Gasteiger partial charge in [0.15, 0.2) is 0 Å². The number of hydrogen-bond acceptors (Lipinski definition) is 5. The Morgan fingerprint density at radius 1 is 0.939 bits per heavy atom. The molecule has 0 aromatic carbocycles. The van der Waals surface area contributed by atoms with Crippen LogP contribution in [0, 0.1) is 40.4 Å². The molecule has 5 nitrogen and oxygen atoms in total. The zero-order valence-electron chi connectivity index (χ0n) is 21.4. The molecule has 0 aromatic heterocycles. The number of carbonyl (C=O) groups is 1. The fourth-order valence-electron chi connectivity index (χ4n) is 9.94. The van der Waals surface area contributed by atoms with E-state index in [2.05, 4.69) is 19.2 Å². The molecule has 0 spiro atoms. The number of carbonyl (C=O) groups excluding carboxylic acids is 1. The first-order chi connectivity index (χ1) is 15.8. The number of esters is 1. The van der Waals surface area contributed by atoms with Crippen LogP contribution < -0.4 is 5.32 Å². The zero-order valence-corrected chi connectivity index (χ0v) is 21.4. The number of ether oxygens (including phenoxy) is 2. The van der Waals surface area contributed by atoms with Gasteiger partial charge in [-0.1, -0.05) is 33.1 Å². The Hall–Kier alpha value is -0.650. The Kier molecular flexibility index (Phi) is 6.63. The van der Waals surface area contributed by atoms with E-state index in [0.717, 1.165) is 32.1 Å². The van der Waals surface area contributed by atoms with Gasteiger partial charge in [-0.05, 0) is 92.3 Å². The lowest BCUT2D eigenvalue weighted by Gasteiger charge is -2.64. The molecule has 5 fully saturated rings. The second-order valence-corrected chi connectivity index (χ2v) is 12.8. The number of hydrogen-bond donors (Lipinski definition) is 2. The van der Waals surface area contributed by atoms with E-state index in [-0.39, 0.29) is 34.9 Å². The Labute approximate surface area is 200 Å². The van der Waals surface area contributed by atoms with Crippen LogP contribution in [0.5, 0.6) is 0 Å². The lowest BCUT2D eigenvalue weighted by atomic mass is 9.43. The molecule has 5 aliphatic carbocycles. The van der Waals surface area contributed by atoms with Crippen molar-refractivity contribution in [2.24, 2.45) is 40.4 Å². The van der Waals surface area contributed by atoms with Crippen LogP contribution in [-0.4, -0.2) is 49.6 Å². The van der Waals surface area contributed by atoms with E-state index in [0.29, 0.717) is 35.8 Å². The molecule has 188 valence electrons. The summed E-state index contributed by atoms with van der Waals surface area (Å²) >= 11 is 0. The molecule has 5 heteroatoms. The Morgan fingerprint density at radius 3 is 2.39 bits per heavy atom. The van der Waals surface area contributed by atoms with E-state index in [1.165, 1.54) is 44.9 Å². The fourth-order valence-corrected chi connectivity index (χ4v) is 9.94. The summed E-state index contributed by atoms with van der Waals surface area (Å²) in [6.45, 7) is 4.94. The van der Waals surface area contributed by atoms with Crippen LogP contribution in [0.2, 0.25) is 0 Å². The van der Waals surface area contributed by atoms with Crippen LogP contribution in [0.15, 0.2) is 0 Å². The van der Waals surface area contributed by atoms with Gasteiger partial charge in [-0.3, -0.25) is 4.79 Å². The quantitative estimate of drug-likeness (QED) is 0.594. The van der Waals surface area contributed by atoms with Gasteiger partial charge in [0.2, 0.25) is 0 Å². The van der Waals surface area contributed by atoms with Gasteiger partial charge in [-0.2, -0.15) is 0 Å². The first kappa shape index (κ1) is 24.1. The van der Waals surface area contributed by atoms with Crippen molar-refractivity contribution in [2.75, 3.05) is 14.2 Å². The Balaban J connectivity index is 1.50. The smallest absolute Gasteiger partial charge is 0.309 e. The summed E-state index contributed by atoms with van der Waals surface area (Å²) in [5, 5.41) is 15.0. The minimum absolute atomic E-state index is 0.00926. The van der Waals surface area contributed by atoms with Gasteiger partial charge in [0.1, 0.15) is 0 Å². The topological polar surface area (TPSA) is 67.8 Å². The van der Waals surface area contributed by atoms with Crippen LogP contribution in [0.1, 0.15) is 90.9 Å². The Bertz CT molecular complexity index is 723. The highest BCUT2D eigenvalue weighted by atomic mass is 16.5. The first-order valence-electron chi connectivity index (χ1n) is 13.9. The van der Waals surface area contributed by atoms with Gasteiger partial charge < -0.3 is 19.9 Å². The summed E-state index contributed by atoms with van der Waals surface area (Å²) in [6, 6.07) is 1.05. The van der Waals surface area contributed by atoms with E-state index < -0.39 is 0 Å². The number of aliphatic hydroxyl groups is 1. The van der Waals surface area contributed by atoms with Gasteiger partial charge in [-0.25, -0.2) is 0 Å². The van der Waals surface area contributed by atoms with E-state index in [9.17, 15) is 9.90 Å². The SMILES string of the molecule is COC(=O)[C@H]1CC[C@H]2[C@@H]3CC[C@H]4C[C@H](O)[C@@H](OC)C[C@]4(C)[C@H]3[C@H](NC3CCCCC3)C[C@]12C. The molecule has 5 aliphatic rings. The molecule has 10 atom stereocenters. The van der Waals surface area contributed by atoms with E-state index >= 15 is 0 Å². The lowest BCUT2D eigenvalue weighted by molar-refractivity contribution is -0.180. The molecule has 0 bridgehead atoms. The highest BCUT2D eigenvalue weighted by Crippen LogP contribution is 2.67. The normalized spacial score (nSPS) is 50.2. The highest BCUT2D eigenvalue weighted by Gasteiger charge is 2.65. The van der Waals surface area contributed by atoms with Gasteiger partial charge in [0.25, 0.3) is 0 Å². The van der Waals surface area contributed by atoms with Crippen molar-refractivity contribution in [3.63, 3.8) is 0 Å². The number of fused-ring (bicyclic) bond motifs is 5. The van der Waals surface area contributed by atoms with Crippen LogP contribution in [0.25, 0.3) is 0 Å². The van der Waals surface area contributed by atoms with Crippen molar-refractivity contribution >= 4 is 5.97 Å². The molecule has 2 N–H and O–H groups in total. The van der Waals surface area contributed by atoms with Crippen LogP contribution in [0.3, 0.4) is 0 Å². The molecule has 0 amide bonds. The molecule has 5 saturated carbocycles. The van der Waals surface area contributed by atoms with Crippen LogP contribution in [0.4, 0.5) is 0 Å². The average molecular weight is 462 g/mol. The fraction of sp³-hybridized carbons (Fsp3) is 0.964. The third kappa shape index (κ3) is 3.89. The number of methoxy groups -OCH3 is 2. The molecule has 0 aliphatic heterocycles. The third-order valence-electron chi connectivity index (χ3n) is 11.5. The molecule has 0 unspecified atom stereocenters. The maximum atomic E-state index is 12.9. The average Bonchev–Trinajstić information content (AvgIpc) is 3.15. The molecule has 0 saturated heterocycles. The molecule has 0 radical (unpaired) electrons. The number of rotatable bonds is 4. The first-order valence-corrected chi connectivity index (χ1v) is 13.9. The van der Waals surface area contributed by atoms with Gasteiger partial charge in [-0.15, -0.1) is 0 Å². The van der Waals surface area contributed by atoms with E-state index in [4.69, 9.17) is 9.47 Å². The predicted octanol–water partition coefficient (Wildman–Crippen LogP) is 4.70. The van der Waals surface area contributed by atoms with E-state index in [1.54, 1.807) is 14.2 Å². The summed E-state index contributed by atoms with van der Waals surface area (Å²) in [5.41, 5.74) is 0.207. The second kappa shape index (κ2) is 9.09. The van der Waals surface area contributed by atoms with Gasteiger partial charge in [0.05, 0.1) is 25.2 Å². The lowest BCUT2D eigenvalue weighted by Crippen LogP contribution is -2.65. The minimum atomic E-state index is -0.335. The largest absolute Gasteiger partial charge is 0.469 e. The predicted molar refractivity (Wildman–Crippen MR) is 129 cm³/mol. The van der Waals surface area contributed by atoms with Crippen molar-refractivity contribution in [1.82, 2.24) is 5.32 Å². The summed E-state index contributed by atoms with van der Waals surface area (Å²) in [6.07, 6.45) is 13.7. The van der Waals surface area contributed by atoms with Crippen LogP contribution >= 0.6 is 0 Å². The van der Waals surface area contributed by atoms with Crippen molar-refractivity contribution in [3.05, 3.63) is 0 Å². The number of nitrogens with one attached hydrogen (secondary N) is 1. The van der Waals surface area contributed by atoms with Crippen molar-refractivity contribution in [1.29, 1.82) is 0 Å². The van der Waals surface area contributed by atoms with Gasteiger partial charge >= 0.3 is 5.97 Å². The molecule has 33 heavy (non-hydrogen) atoms. The molecular formula is C28H47NO4. The Morgan fingerprint density at radius 2 is 1.70 bits per heavy atom. The highest BCUT2D eigenvalue weighted by molar-refractivity contribution is 5.74. The summed E-state index contributed by atoms with van der Waals surface area (Å²) in [7, 11) is 3.33. The summed E-state index contributed by atoms with van der Waals surface area (Å²) in [4.78, 5) is 12.9. The maximum Gasteiger partial charge on any atom is 0.309 e. The maximum absolute atomic E-state index is 12.9. The molecule has 0 heterocycles. The van der Waals surface area contributed by atoms with Gasteiger partial charge in [0, 0.05) is 19.2 Å². The molecule has 5 rings (SSSR count). The summed E-state index contributed by atoms with van der Waals surface area (Å²) in [5.74, 6) is 2.45. The molecular weight excluding hydrogens is 414 g/mol. The summed E-state index contributed by atoms with van der Waals surface area (Å²) < 4.78 is 11.1.